The van der Waals surface area contributed by atoms with Gasteiger partial charge in [-0.2, -0.15) is 0 Å². The molecule has 2 aromatic rings. The van der Waals surface area contributed by atoms with Crippen molar-refractivity contribution >= 4 is 52.3 Å². The van der Waals surface area contributed by atoms with Gasteiger partial charge in [-0.15, -0.1) is 0 Å². The lowest BCUT2D eigenvalue weighted by atomic mass is 10.1. The van der Waals surface area contributed by atoms with Crippen LogP contribution < -0.4 is 11.1 Å². The molecule has 0 atom stereocenters. The minimum absolute atomic E-state index is 0.133. The number of primary amides is 1. The summed E-state index contributed by atoms with van der Waals surface area (Å²) in [6.07, 6.45) is 0.840. The molecule has 0 unspecified atom stereocenters. The molecule has 3 N–H and O–H groups in total. The zero-order valence-electron chi connectivity index (χ0n) is 14.5. The monoisotopic (exact) mass is 423 g/mol. The molecule has 0 aliphatic carbocycles. The number of nitrogens with zero attached hydrogens (tertiary/aromatic N) is 1. The predicted octanol–water partition coefficient (Wildman–Crippen LogP) is 3.43. The van der Waals surface area contributed by atoms with Crippen LogP contribution in [0, 0.1) is 0 Å². The Morgan fingerprint density at radius 2 is 1.67 bits per heavy atom. The number of nitrogens with two attached hydrogens (primary N) is 1. The van der Waals surface area contributed by atoms with Crippen LogP contribution in [0.25, 0.3) is 0 Å². The van der Waals surface area contributed by atoms with E-state index in [1.165, 1.54) is 18.2 Å². The second kappa shape index (κ2) is 10.3. The quantitative estimate of drug-likeness (QED) is 0.668. The molecular weight excluding hydrogens is 405 g/mol. The van der Waals surface area contributed by atoms with Crippen LogP contribution in [0.3, 0.4) is 0 Å². The first-order valence-electron chi connectivity index (χ1n) is 8.23. The van der Waals surface area contributed by atoms with Crippen LogP contribution in [0.2, 0.25) is 10.0 Å². The van der Waals surface area contributed by atoms with Gasteiger partial charge in [0.1, 0.15) is 0 Å². The standard InChI is InChI=1S/C19H19Cl2N3O2S/c20-15-10-14(11-16(21)12-15)18(26)23-19(27)24(9-7-17(22)25)8-6-13-4-2-1-3-5-13/h1-5,10-12H,6-9H2,(H2,22,25)(H,23,26,27). The van der Waals surface area contributed by atoms with Crippen molar-refractivity contribution in [3.63, 3.8) is 0 Å². The minimum Gasteiger partial charge on any atom is -0.370 e. The van der Waals surface area contributed by atoms with E-state index in [0.29, 0.717) is 35.1 Å². The van der Waals surface area contributed by atoms with Gasteiger partial charge in [-0.1, -0.05) is 53.5 Å². The summed E-state index contributed by atoms with van der Waals surface area (Å²) >= 11 is 17.2. The third-order valence-corrected chi connectivity index (χ3v) is 4.57. The summed E-state index contributed by atoms with van der Waals surface area (Å²) in [4.78, 5) is 25.3. The van der Waals surface area contributed by atoms with Gasteiger partial charge in [0.05, 0.1) is 0 Å². The molecular formula is C19H19Cl2N3O2S. The van der Waals surface area contributed by atoms with Gasteiger partial charge in [-0.25, -0.2) is 0 Å². The highest BCUT2D eigenvalue weighted by Gasteiger charge is 2.15. The number of carbonyl (C=O) groups is 2. The van der Waals surface area contributed by atoms with Gasteiger partial charge in [-0.05, 0) is 42.4 Å². The highest BCUT2D eigenvalue weighted by molar-refractivity contribution is 7.80. The van der Waals surface area contributed by atoms with Gasteiger partial charge in [0, 0.05) is 35.1 Å². The largest absolute Gasteiger partial charge is 0.370 e. The molecule has 8 heteroatoms. The van der Waals surface area contributed by atoms with Gasteiger partial charge >= 0.3 is 0 Å². The number of rotatable bonds is 7. The molecule has 0 bridgehead atoms. The van der Waals surface area contributed by atoms with E-state index in [9.17, 15) is 9.59 Å². The van der Waals surface area contributed by atoms with E-state index in [0.717, 1.165) is 5.56 Å². The summed E-state index contributed by atoms with van der Waals surface area (Å²) in [5.41, 5.74) is 6.67. The molecule has 2 aromatic carbocycles. The molecule has 27 heavy (non-hydrogen) atoms. The van der Waals surface area contributed by atoms with Crippen molar-refractivity contribution in [2.45, 2.75) is 12.8 Å². The summed E-state index contributed by atoms with van der Waals surface area (Å²) in [6, 6.07) is 14.4. The Morgan fingerprint density at radius 1 is 1.04 bits per heavy atom. The number of benzene rings is 2. The first-order valence-corrected chi connectivity index (χ1v) is 9.40. The van der Waals surface area contributed by atoms with Crippen LogP contribution >= 0.6 is 35.4 Å². The molecule has 142 valence electrons. The lowest BCUT2D eigenvalue weighted by molar-refractivity contribution is -0.118. The summed E-state index contributed by atoms with van der Waals surface area (Å²) in [5.74, 6) is -0.858. The van der Waals surface area contributed by atoms with Crippen LogP contribution in [0.1, 0.15) is 22.3 Å². The molecule has 0 spiro atoms. The Balaban J connectivity index is 2.05. The molecule has 2 amide bonds. The van der Waals surface area contributed by atoms with Gasteiger partial charge < -0.3 is 10.6 Å². The average molecular weight is 424 g/mol. The number of nitrogens with one attached hydrogen (secondary N) is 1. The Labute approximate surface area is 173 Å². The van der Waals surface area contributed by atoms with Crippen molar-refractivity contribution in [1.29, 1.82) is 0 Å². The Kier molecular flexibility index (Phi) is 8.03. The van der Waals surface area contributed by atoms with E-state index in [-0.39, 0.29) is 11.5 Å². The van der Waals surface area contributed by atoms with Crippen LogP contribution in [-0.2, 0) is 11.2 Å². The normalized spacial score (nSPS) is 10.3. The third-order valence-electron chi connectivity index (χ3n) is 3.77. The topological polar surface area (TPSA) is 75.4 Å². The molecule has 2 rings (SSSR count). The Bertz CT molecular complexity index is 811. The van der Waals surface area contributed by atoms with Crippen molar-refractivity contribution < 1.29 is 9.59 Å². The molecule has 0 aliphatic rings. The highest BCUT2D eigenvalue weighted by atomic mass is 35.5. The Morgan fingerprint density at radius 3 is 2.26 bits per heavy atom. The van der Waals surface area contributed by atoms with E-state index >= 15 is 0 Å². The summed E-state index contributed by atoms with van der Waals surface area (Å²) in [7, 11) is 0. The maximum absolute atomic E-state index is 12.4. The number of thiocarbonyl (C=S) groups is 1. The predicted molar refractivity (Wildman–Crippen MR) is 112 cm³/mol. The number of carbonyl (C=O) groups excluding carboxylic acids is 2. The lowest BCUT2D eigenvalue weighted by Gasteiger charge is -2.25. The van der Waals surface area contributed by atoms with Gasteiger partial charge in [-0.3, -0.25) is 14.9 Å². The fraction of sp³-hybridized carbons (Fsp3) is 0.211. The number of hydrogen-bond acceptors (Lipinski definition) is 3. The SMILES string of the molecule is NC(=O)CCN(CCc1ccccc1)C(=S)NC(=O)c1cc(Cl)cc(Cl)c1. The minimum atomic E-state index is -0.435. The molecule has 0 radical (unpaired) electrons. The third kappa shape index (κ3) is 7.17. The van der Waals surface area contributed by atoms with Gasteiger partial charge in [0.2, 0.25) is 5.91 Å². The maximum Gasteiger partial charge on any atom is 0.257 e. The van der Waals surface area contributed by atoms with E-state index in [1.54, 1.807) is 4.90 Å². The second-order valence-electron chi connectivity index (χ2n) is 5.86. The van der Waals surface area contributed by atoms with Crippen LogP contribution in [0.15, 0.2) is 48.5 Å². The summed E-state index contributed by atoms with van der Waals surface area (Å²) in [5, 5.41) is 3.59. The zero-order chi connectivity index (χ0) is 19.8. The van der Waals surface area contributed by atoms with Crippen molar-refractivity contribution in [2.24, 2.45) is 5.73 Å². The number of halogens is 2. The fourth-order valence-corrected chi connectivity index (χ4v) is 3.20. The number of amides is 2. The fourth-order valence-electron chi connectivity index (χ4n) is 2.40. The number of hydrogen-bond donors (Lipinski definition) is 2. The molecule has 0 fully saturated rings. The molecule has 0 saturated heterocycles. The van der Waals surface area contributed by atoms with E-state index < -0.39 is 11.8 Å². The highest BCUT2D eigenvalue weighted by Crippen LogP contribution is 2.19. The van der Waals surface area contributed by atoms with E-state index in [4.69, 9.17) is 41.2 Å². The molecule has 5 nitrogen and oxygen atoms in total. The molecule has 0 aliphatic heterocycles. The zero-order valence-corrected chi connectivity index (χ0v) is 16.8. The van der Waals surface area contributed by atoms with Crippen LogP contribution in [0.4, 0.5) is 0 Å². The summed E-state index contributed by atoms with van der Waals surface area (Å²) in [6.45, 7) is 0.851. The average Bonchev–Trinajstić information content (AvgIpc) is 2.61. The van der Waals surface area contributed by atoms with Crippen LogP contribution in [-0.4, -0.2) is 34.9 Å². The van der Waals surface area contributed by atoms with Crippen molar-refractivity contribution in [3.8, 4) is 0 Å². The van der Waals surface area contributed by atoms with E-state index in [2.05, 4.69) is 5.32 Å². The Hall–Kier alpha value is -2.15. The smallest absolute Gasteiger partial charge is 0.257 e. The van der Waals surface area contributed by atoms with Crippen molar-refractivity contribution in [1.82, 2.24) is 10.2 Å². The van der Waals surface area contributed by atoms with E-state index in [1.807, 2.05) is 30.3 Å². The van der Waals surface area contributed by atoms with Gasteiger partial charge in [0.25, 0.3) is 5.91 Å². The maximum atomic E-state index is 12.4. The van der Waals surface area contributed by atoms with Crippen molar-refractivity contribution in [3.05, 3.63) is 69.7 Å². The van der Waals surface area contributed by atoms with Gasteiger partial charge in [0.15, 0.2) is 5.11 Å². The molecule has 0 saturated carbocycles. The second-order valence-corrected chi connectivity index (χ2v) is 7.12. The lowest BCUT2D eigenvalue weighted by Crippen LogP contribution is -2.44. The molecule has 0 aromatic heterocycles. The van der Waals surface area contributed by atoms with Crippen LogP contribution in [0.5, 0.6) is 0 Å². The first kappa shape index (κ1) is 21.2. The first-order chi connectivity index (χ1) is 12.8. The molecule has 0 heterocycles. The summed E-state index contributed by atoms with van der Waals surface area (Å²) < 4.78 is 0. The van der Waals surface area contributed by atoms with Crippen molar-refractivity contribution in [2.75, 3.05) is 13.1 Å².